The number of fused-ring (bicyclic) bond motifs is 4. The van der Waals surface area contributed by atoms with Gasteiger partial charge < -0.3 is 14.7 Å². The Morgan fingerprint density at radius 3 is 2.83 bits per heavy atom. The van der Waals surface area contributed by atoms with Crippen molar-refractivity contribution in [3.63, 3.8) is 0 Å². The molecule has 6 rings (SSSR count). The van der Waals surface area contributed by atoms with Gasteiger partial charge in [0.2, 0.25) is 0 Å². The van der Waals surface area contributed by atoms with Crippen molar-refractivity contribution in [1.29, 1.82) is 0 Å². The summed E-state index contributed by atoms with van der Waals surface area (Å²) in [6, 6.07) is 16.5. The minimum Gasteiger partial charge on any atom is -0.467 e. The number of benzene rings is 2. The number of aromatic amines is 1. The van der Waals surface area contributed by atoms with Crippen LogP contribution in [0, 0.1) is 0 Å². The second kappa shape index (κ2) is 6.73. The molecule has 5 heteroatoms. The van der Waals surface area contributed by atoms with Gasteiger partial charge in [0.05, 0.1) is 24.2 Å². The molecule has 0 bridgehead atoms. The predicted molar refractivity (Wildman–Crippen MR) is 117 cm³/mol. The number of hydrogen-bond acceptors (Lipinski definition) is 3. The van der Waals surface area contributed by atoms with Gasteiger partial charge >= 0.3 is 0 Å². The summed E-state index contributed by atoms with van der Waals surface area (Å²) in [6.45, 7) is 1.18. The van der Waals surface area contributed by atoms with Crippen LogP contribution in [0.5, 0.6) is 0 Å². The molecular weight excluding hydrogens is 374 g/mol. The third kappa shape index (κ3) is 2.77. The van der Waals surface area contributed by atoms with Gasteiger partial charge in [-0.3, -0.25) is 9.79 Å². The molecule has 0 atom stereocenters. The molecule has 4 aromatic rings. The number of carbonyl (C=O) groups is 1. The van der Waals surface area contributed by atoms with Crippen LogP contribution in [-0.4, -0.2) is 16.6 Å². The number of amides is 1. The molecule has 1 amide bonds. The van der Waals surface area contributed by atoms with Crippen LogP contribution in [0.15, 0.2) is 64.2 Å². The highest BCUT2D eigenvalue weighted by Gasteiger charge is 2.22. The van der Waals surface area contributed by atoms with Crippen molar-refractivity contribution < 1.29 is 9.21 Å². The SMILES string of the molecule is O=C1NCc2cc(-c3ccc4[nH]c5c(c4c3)CCC/C5=N\Cc3ccco3)ccc21. The van der Waals surface area contributed by atoms with E-state index in [1.54, 1.807) is 6.26 Å². The molecule has 0 spiro atoms. The minimum absolute atomic E-state index is 0.0214. The molecule has 148 valence electrons. The summed E-state index contributed by atoms with van der Waals surface area (Å²) in [5.41, 5.74) is 8.98. The highest BCUT2D eigenvalue weighted by atomic mass is 16.3. The topological polar surface area (TPSA) is 70.4 Å². The zero-order valence-electron chi connectivity index (χ0n) is 16.5. The first kappa shape index (κ1) is 17.3. The number of aromatic nitrogens is 1. The predicted octanol–water partition coefficient (Wildman–Crippen LogP) is 5.00. The average molecular weight is 395 g/mol. The van der Waals surface area contributed by atoms with Gasteiger partial charge in [0.1, 0.15) is 5.76 Å². The quantitative estimate of drug-likeness (QED) is 0.513. The molecule has 0 radical (unpaired) electrons. The fourth-order valence-electron chi connectivity index (χ4n) is 4.64. The average Bonchev–Trinajstić information content (AvgIpc) is 3.51. The number of hydrogen-bond donors (Lipinski definition) is 2. The highest BCUT2D eigenvalue weighted by Crippen LogP contribution is 2.33. The third-order valence-electron chi connectivity index (χ3n) is 6.16. The van der Waals surface area contributed by atoms with Gasteiger partial charge in [-0.2, -0.15) is 0 Å². The fraction of sp³-hybridized carbons (Fsp3) is 0.200. The molecule has 2 aromatic carbocycles. The molecule has 5 nitrogen and oxygen atoms in total. The van der Waals surface area contributed by atoms with Gasteiger partial charge in [-0.25, -0.2) is 0 Å². The van der Waals surface area contributed by atoms with Crippen molar-refractivity contribution in [1.82, 2.24) is 10.3 Å². The second-order valence-corrected chi connectivity index (χ2v) is 7.99. The Morgan fingerprint density at radius 1 is 1.03 bits per heavy atom. The van der Waals surface area contributed by atoms with E-state index in [-0.39, 0.29) is 5.91 Å². The largest absolute Gasteiger partial charge is 0.467 e. The molecule has 3 heterocycles. The number of nitrogens with one attached hydrogen (secondary N) is 2. The molecule has 30 heavy (non-hydrogen) atoms. The number of furan rings is 1. The van der Waals surface area contributed by atoms with Crippen molar-refractivity contribution in [3.05, 3.63) is 82.9 Å². The van der Waals surface area contributed by atoms with Crippen molar-refractivity contribution in [2.45, 2.75) is 32.4 Å². The third-order valence-corrected chi connectivity index (χ3v) is 6.16. The molecule has 2 aromatic heterocycles. The Kier molecular flexibility index (Phi) is 3.88. The van der Waals surface area contributed by atoms with Crippen molar-refractivity contribution in [3.8, 4) is 11.1 Å². The Morgan fingerprint density at radius 2 is 1.93 bits per heavy atom. The first-order valence-corrected chi connectivity index (χ1v) is 10.4. The first-order valence-electron chi connectivity index (χ1n) is 10.4. The van der Waals surface area contributed by atoms with Crippen LogP contribution in [0.2, 0.25) is 0 Å². The lowest BCUT2D eigenvalue weighted by Crippen LogP contribution is -2.12. The second-order valence-electron chi connectivity index (χ2n) is 7.99. The van der Waals surface area contributed by atoms with Gasteiger partial charge in [0, 0.05) is 23.0 Å². The summed E-state index contributed by atoms with van der Waals surface area (Å²) in [5, 5.41) is 4.16. The standard InChI is InChI=1S/C25H21N3O2/c29-25-19-8-6-15(11-17(19)13-27-25)16-7-9-22-21(12-16)20-4-1-5-23(24(20)28-22)26-14-18-3-2-10-30-18/h2-3,6-12,28H,1,4-5,13-14H2,(H,27,29)/b26-23+. The van der Waals surface area contributed by atoms with Gasteiger partial charge in [0.25, 0.3) is 5.91 Å². The summed E-state index contributed by atoms with van der Waals surface area (Å²) in [7, 11) is 0. The van der Waals surface area contributed by atoms with E-state index in [2.05, 4.69) is 34.6 Å². The van der Waals surface area contributed by atoms with Crippen LogP contribution in [0.25, 0.3) is 22.0 Å². The van der Waals surface area contributed by atoms with E-state index >= 15 is 0 Å². The molecule has 2 aliphatic rings. The summed E-state index contributed by atoms with van der Waals surface area (Å²) in [6.07, 6.45) is 4.84. The fourth-order valence-corrected chi connectivity index (χ4v) is 4.64. The lowest BCUT2D eigenvalue weighted by molar-refractivity contribution is 0.0966. The van der Waals surface area contributed by atoms with Crippen LogP contribution >= 0.6 is 0 Å². The van der Waals surface area contributed by atoms with Crippen LogP contribution in [0.4, 0.5) is 0 Å². The van der Waals surface area contributed by atoms with E-state index in [1.165, 1.54) is 22.2 Å². The van der Waals surface area contributed by atoms with E-state index in [0.29, 0.717) is 13.1 Å². The Labute approximate surface area is 173 Å². The zero-order chi connectivity index (χ0) is 20.1. The molecular formula is C25H21N3O2. The zero-order valence-corrected chi connectivity index (χ0v) is 16.5. The molecule has 1 aliphatic heterocycles. The highest BCUT2D eigenvalue weighted by molar-refractivity contribution is 6.07. The monoisotopic (exact) mass is 395 g/mol. The maximum absolute atomic E-state index is 11.8. The van der Waals surface area contributed by atoms with Crippen LogP contribution < -0.4 is 5.32 Å². The summed E-state index contributed by atoms with van der Waals surface area (Å²) in [4.78, 5) is 20.3. The number of nitrogens with zero attached hydrogens (tertiary/aromatic N) is 1. The number of H-pyrrole nitrogens is 1. The molecule has 0 saturated carbocycles. The van der Waals surface area contributed by atoms with E-state index in [0.717, 1.165) is 52.9 Å². The minimum atomic E-state index is 0.0214. The maximum Gasteiger partial charge on any atom is 0.251 e. The van der Waals surface area contributed by atoms with Crippen LogP contribution in [0.1, 0.15) is 45.8 Å². The van der Waals surface area contributed by atoms with E-state index in [9.17, 15) is 4.79 Å². The van der Waals surface area contributed by atoms with Crippen molar-refractivity contribution in [2.75, 3.05) is 0 Å². The summed E-state index contributed by atoms with van der Waals surface area (Å²) >= 11 is 0. The molecule has 0 fully saturated rings. The Bertz CT molecular complexity index is 1310. The van der Waals surface area contributed by atoms with E-state index in [1.807, 2.05) is 24.3 Å². The number of carbonyl (C=O) groups excluding carboxylic acids is 1. The molecule has 2 N–H and O–H groups in total. The lowest BCUT2D eigenvalue weighted by atomic mass is 9.92. The van der Waals surface area contributed by atoms with Gasteiger partial charge in [-0.1, -0.05) is 12.1 Å². The van der Waals surface area contributed by atoms with Gasteiger partial charge in [-0.05, 0) is 77.9 Å². The smallest absolute Gasteiger partial charge is 0.251 e. The van der Waals surface area contributed by atoms with Crippen molar-refractivity contribution in [2.24, 2.45) is 4.99 Å². The van der Waals surface area contributed by atoms with Gasteiger partial charge in [0.15, 0.2) is 0 Å². The maximum atomic E-state index is 11.8. The van der Waals surface area contributed by atoms with E-state index < -0.39 is 0 Å². The number of rotatable bonds is 3. The normalized spacial score (nSPS) is 16.7. The Balaban J connectivity index is 1.40. The van der Waals surface area contributed by atoms with Crippen LogP contribution in [-0.2, 0) is 19.5 Å². The summed E-state index contributed by atoms with van der Waals surface area (Å²) in [5.74, 6) is 0.908. The number of aryl methyl sites for hydroxylation is 1. The number of aliphatic imine (C=N–C) groups is 1. The van der Waals surface area contributed by atoms with Crippen molar-refractivity contribution >= 4 is 22.5 Å². The Hall–Kier alpha value is -3.60. The summed E-state index contributed by atoms with van der Waals surface area (Å²) < 4.78 is 5.43. The van der Waals surface area contributed by atoms with E-state index in [4.69, 9.17) is 9.41 Å². The molecule has 0 saturated heterocycles. The molecule has 1 aliphatic carbocycles. The van der Waals surface area contributed by atoms with Gasteiger partial charge in [-0.15, -0.1) is 0 Å². The van der Waals surface area contributed by atoms with Crippen LogP contribution in [0.3, 0.4) is 0 Å². The first-order chi connectivity index (χ1) is 14.8. The lowest BCUT2D eigenvalue weighted by Gasteiger charge is -2.14. The molecule has 0 unspecified atom stereocenters.